The molecule has 0 saturated carbocycles. The number of imidazole rings is 1. The highest BCUT2D eigenvalue weighted by atomic mass is 32.2. The average Bonchev–Trinajstić information content (AvgIpc) is 3.50. The van der Waals surface area contributed by atoms with Crippen molar-refractivity contribution >= 4 is 26.8 Å². The molecule has 9 heteroatoms. The monoisotopic (exact) mass is 475 g/mol. The second-order valence-electron chi connectivity index (χ2n) is 9.00. The van der Waals surface area contributed by atoms with Crippen LogP contribution in [0.4, 0.5) is 5.95 Å². The molecule has 1 saturated heterocycles. The van der Waals surface area contributed by atoms with Gasteiger partial charge in [-0.2, -0.15) is 0 Å². The van der Waals surface area contributed by atoms with Crippen molar-refractivity contribution < 1.29 is 13.2 Å². The summed E-state index contributed by atoms with van der Waals surface area (Å²) in [5.74, 6) is 1.49. The standard InChI is InChI=1S/C25H25N5O3S/c1-34(31,32)20-9-10-29(14-20)25-26-12-19(13-27-25)18-7-8-21-22(11-18)30-23(15-33-16-24(30)28-21)17-5-3-2-4-6-17/h2-8,11-13,20,23H,9-10,14-16H2,1H3/t20-,23-/m1/s1. The number of sulfone groups is 1. The van der Waals surface area contributed by atoms with E-state index in [1.165, 1.54) is 11.8 Å². The number of fused-ring (bicyclic) bond motifs is 3. The van der Waals surface area contributed by atoms with Crippen LogP contribution in [0.15, 0.2) is 60.9 Å². The van der Waals surface area contributed by atoms with Gasteiger partial charge in [-0.15, -0.1) is 0 Å². The van der Waals surface area contributed by atoms with E-state index < -0.39 is 9.84 Å². The Morgan fingerprint density at radius 1 is 1.03 bits per heavy atom. The Kier molecular flexibility index (Phi) is 5.11. The zero-order valence-corrected chi connectivity index (χ0v) is 19.6. The topological polar surface area (TPSA) is 90.2 Å². The molecule has 34 heavy (non-hydrogen) atoms. The molecule has 8 nitrogen and oxygen atoms in total. The van der Waals surface area contributed by atoms with Gasteiger partial charge in [0.25, 0.3) is 0 Å². The summed E-state index contributed by atoms with van der Waals surface area (Å²) in [5, 5.41) is -0.354. The Hall–Kier alpha value is -3.30. The van der Waals surface area contributed by atoms with Crippen molar-refractivity contribution in [1.29, 1.82) is 0 Å². The lowest BCUT2D eigenvalue weighted by molar-refractivity contribution is 0.0679. The van der Waals surface area contributed by atoms with Crippen LogP contribution in [0.1, 0.15) is 23.9 Å². The Labute approximate surface area is 198 Å². The highest BCUT2D eigenvalue weighted by Crippen LogP contribution is 2.33. The summed E-state index contributed by atoms with van der Waals surface area (Å²) in [6.07, 6.45) is 5.52. The molecule has 0 spiro atoms. The van der Waals surface area contributed by atoms with E-state index in [-0.39, 0.29) is 11.3 Å². The maximum Gasteiger partial charge on any atom is 0.225 e. The van der Waals surface area contributed by atoms with Crippen molar-refractivity contribution in [3.8, 4) is 11.1 Å². The first-order chi connectivity index (χ1) is 16.5. The summed E-state index contributed by atoms with van der Waals surface area (Å²) >= 11 is 0. The Bertz CT molecular complexity index is 1450. The van der Waals surface area contributed by atoms with Crippen molar-refractivity contribution in [2.75, 3.05) is 30.9 Å². The van der Waals surface area contributed by atoms with Crippen molar-refractivity contribution in [3.63, 3.8) is 0 Å². The van der Waals surface area contributed by atoms with Gasteiger partial charge in [-0.1, -0.05) is 36.4 Å². The van der Waals surface area contributed by atoms with Crippen LogP contribution in [0, 0.1) is 0 Å². The number of hydrogen-bond donors (Lipinski definition) is 0. The van der Waals surface area contributed by atoms with Gasteiger partial charge in [-0.25, -0.2) is 23.4 Å². The Balaban J connectivity index is 1.32. The second-order valence-corrected chi connectivity index (χ2v) is 11.3. The first-order valence-corrected chi connectivity index (χ1v) is 13.3. The Morgan fingerprint density at radius 3 is 2.56 bits per heavy atom. The van der Waals surface area contributed by atoms with Crippen LogP contribution in [0.25, 0.3) is 22.2 Å². The van der Waals surface area contributed by atoms with E-state index >= 15 is 0 Å². The summed E-state index contributed by atoms with van der Waals surface area (Å²) in [6, 6.07) is 16.6. The third-order valence-electron chi connectivity index (χ3n) is 6.77. The van der Waals surface area contributed by atoms with Gasteiger partial charge in [0.2, 0.25) is 5.95 Å². The zero-order chi connectivity index (χ0) is 23.3. The van der Waals surface area contributed by atoms with Crippen LogP contribution in [-0.2, 0) is 21.2 Å². The quantitative estimate of drug-likeness (QED) is 0.448. The van der Waals surface area contributed by atoms with Crippen LogP contribution in [0.2, 0.25) is 0 Å². The molecule has 0 N–H and O–H groups in total. The van der Waals surface area contributed by atoms with Crippen molar-refractivity contribution in [1.82, 2.24) is 19.5 Å². The van der Waals surface area contributed by atoms with Gasteiger partial charge in [0.1, 0.15) is 12.4 Å². The molecule has 4 heterocycles. The van der Waals surface area contributed by atoms with Gasteiger partial charge < -0.3 is 14.2 Å². The van der Waals surface area contributed by atoms with Gasteiger partial charge in [-0.05, 0) is 29.7 Å². The predicted octanol–water partition coefficient (Wildman–Crippen LogP) is 3.24. The van der Waals surface area contributed by atoms with E-state index in [0.717, 1.165) is 28.0 Å². The molecule has 6 rings (SSSR count). The lowest BCUT2D eigenvalue weighted by Crippen LogP contribution is -2.27. The maximum absolute atomic E-state index is 11.9. The second kappa shape index (κ2) is 8.18. The molecule has 2 aromatic carbocycles. The SMILES string of the molecule is CS(=O)(=O)[C@@H]1CCN(c2ncc(-c3ccc4nc5n(c4c3)[C@@H](c3ccccc3)COC5)cn2)C1. The maximum atomic E-state index is 11.9. The average molecular weight is 476 g/mol. The summed E-state index contributed by atoms with van der Waals surface area (Å²) in [4.78, 5) is 15.8. The smallest absolute Gasteiger partial charge is 0.225 e. The largest absolute Gasteiger partial charge is 0.371 e. The number of rotatable bonds is 4. The van der Waals surface area contributed by atoms with Gasteiger partial charge in [0, 0.05) is 37.3 Å². The molecule has 2 aliphatic heterocycles. The van der Waals surface area contributed by atoms with Crippen molar-refractivity contribution in [3.05, 3.63) is 72.3 Å². The number of benzene rings is 2. The molecule has 2 aliphatic rings. The molecule has 4 aromatic rings. The van der Waals surface area contributed by atoms with E-state index in [4.69, 9.17) is 9.72 Å². The van der Waals surface area contributed by atoms with Gasteiger partial charge in [0.05, 0.1) is 28.9 Å². The van der Waals surface area contributed by atoms with Gasteiger partial charge in [-0.3, -0.25) is 0 Å². The van der Waals surface area contributed by atoms with Crippen molar-refractivity contribution in [2.24, 2.45) is 0 Å². The van der Waals surface area contributed by atoms with E-state index in [2.05, 4.69) is 32.7 Å². The summed E-state index contributed by atoms with van der Waals surface area (Å²) in [6.45, 7) is 2.19. The minimum Gasteiger partial charge on any atom is -0.371 e. The molecule has 2 atom stereocenters. The number of ether oxygens (including phenoxy) is 1. The zero-order valence-electron chi connectivity index (χ0n) is 18.8. The molecule has 2 aromatic heterocycles. The molecular weight excluding hydrogens is 450 g/mol. The number of hydrogen-bond acceptors (Lipinski definition) is 7. The highest BCUT2D eigenvalue weighted by molar-refractivity contribution is 7.91. The third kappa shape index (κ3) is 3.74. The van der Waals surface area contributed by atoms with Crippen molar-refractivity contribution in [2.45, 2.75) is 24.3 Å². The molecule has 0 aliphatic carbocycles. The molecule has 0 amide bonds. The number of aromatic nitrogens is 4. The van der Waals surface area contributed by atoms with E-state index in [1.807, 2.05) is 47.6 Å². The van der Waals surface area contributed by atoms with Crippen LogP contribution in [0.5, 0.6) is 0 Å². The molecule has 1 fully saturated rings. The van der Waals surface area contributed by atoms with E-state index in [9.17, 15) is 8.42 Å². The fourth-order valence-corrected chi connectivity index (χ4v) is 5.91. The van der Waals surface area contributed by atoms with Crippen LogP contribution < -0.4 is 4.90 Å². The number of nitrogens with zero attached hydrogens (tertiary/aromatic N) is 5. The minimum atomic E-state index is -3.06. The molecule has 0 bridgehead atoms. The van der Waals surface area contributed by atoms with Crippen LogP contribution in [-0.4, -0.2) is 59.1 Å². The summed E-state index contributed by atoms with van der Waals surface area (Å²) in [7, 11) is -3.06. The molecular formula is C25H25N5O3S. The van der Waals surface area contributed by atoms with Gasteiger partial charge >= 0.3 is 0 Å². The predicted molar refractivity (Wildman–Crippen MR) is 130 cm³/mol. The fourth-order valence-electron chi connectivity index (χ4n) is 4.92. The fraction of sp³-hybridized carbons (Fsp3) is 0.320. The minimum absolute atomic E-state index is 0.0711. The molecule has 174 valence electrons. The van der Waals surface area contributed by atoms with E-state index in [1.54, 1.807) is 0 Å². The number of anilines is 1. The molecule has 0 unspecified atom stereocenters. The highest BCUT2D eigenvalue weighted by Gasteiger charge is 2.31. The lowest BCUT2D eigenvalue weighted by Gasteiger charge is -2.26. The van der Waals surface area contributed by atoms with Crippen LogP contribution >= 0.6 is 0 Å². The summed E-state index contributed by atoms with van der Waals surface area (Å²) in [5.41, 5.74) is 5.11. The van der Waals surface area contributed by atoms with Crippen LogP contribution in [0.3, 0.4) is 0 Å². The first-order valence-electron chi connectivity index (χ1n) is 11.4. The van der Waals surface area contributed by atoms with E-state index in [0.29, 0.717) is 38.7 Å². The third-order valence-corrected chi connectivity index (χ3v) is 8.37. The molecule has 0 radical (unpaired) electrons. The lowest BCUT2D eigenvalue weighted by atomic mass is 10.1. The van der Waals surface area contributed by atoms with Gasteiger partial charge in [0.15, 0.2) is 9.84 Å². The summed E-state index contributed by atoms with van der Waals surface area (Å²) < 4.78 is 31.9. The first kappa shape index (κ1) is 21.2. The normalized spacial score (nSPS) is 20.6. The Morgan fingerprint density at radius 2 is 1.82 bits per heavy atom.